The van der Waals surface area contributed by atoms with Gasteiger partial charge in [0.25, 0.3) is 5.69 Å². The molecule has 0 amide bonds. The van der Waals surface area contributed by atoms with E-state index < -0.39 is 4.92 Å². The third kappa shape index (κ3) is 2.47. The number of nitrogens with zero attached hydrogens (tertiary/aromatic N) is 1. The fourth-order valence-electron chi connectivity index (χ4n) is 2.39. The van der Waals surface area contributed by atoms with Gasteiger partial charge >= 0.3 is 0 Å². The lowest BCUT2D eigenvalue weighted by Crippen LogP contribution is -2.06. The molecule has 0 aliphatic heterocycles. The number of hydrogen-bond donors (Lipinski definition) is 1. The zero-order chi connectivity index (χ0) is 14.1. The lowest BCUT2D eigenvalue weighted by Gasteiger charge is -2.06. The van der Waals surface area contributed by atoms with Crippen LogP contribution < -0.4 is 5.32 Å². The lowest BCUT2D eigenvalue weighted by molar-refractivity contribution is -0.384. The van der Waals surface area contributed by atoms with Crippen LogP contribution in [-0.4, -0.2) is 11.0 Å². The standard InChI is InChI=1S/C15H13FN2O2/c16-11-7-5-10(6-8-11)12-9-14(12)17-13-3-1-2-4-15(13)18(19)20/h1-8,12,14,17H,9H2/t12-,14+/m0/s1. The Kier molecular flexibility index (Phi) is 3.10. The highest BCUT2D eigenvalue weighted by molar-refractivity contribution is 5.62. The van der Waals surface area contributed by atoms with Crippen molar-refractivity contribution >= 4 is 11.4 Å². The van der Waals surface area contributed by atoms with E-state index in [1.807, 2.05) is 0 Å². The number of hydrogen-bond acceptors (Lipinski definition) is 3. The van der Waals surface area contributed by atoms with Crippen LogP contribution in [0.15, 0.2) is 48.5 Å². The van der Waals surface area contributed by atoms with Gasteiger partial charge in [-0.2, -0.15) is 0 Å². The van der Waals surface area contributed by atoms with E-state index in [4.69, 9.17) is 0 Å². The van der Waals surface area contributed by atoms with E-state index in [9.17, 15) is 14.5 Å². The normalized spacial score (nSPS) is 20.4. The van der Waals surface area contributed by atoms with E-state index in [0.717, 1.165) is 12.0 Å². The number of nitrogens with one attached hydrogen (secondary N) is 1. The van der Waals surface area contributed by atoms with Gasteiger partial charge in [-0.15, -0.1) is 0 Å². The Morgan fingerprint density at radius 2 is 1.85 bits per heavy atom. The molecule has 0 aromatic heterocycles. The third-order valence-electron chi connectivity index (χ3n) is 3.53. The van der Waals surface area contributed by atoms with Gasteiger partial charge in [-0.05, 0) is 30.2 Å². The Morgan fingerprint density at radius 3 is 2.55 bits per heavy atom. The van der Waals surface area contributed by atoms with Crippen molar-refractivity contribution in [2.75, 3.05) is 5.32 Å². The van der Waals surface area contributed by atoms with Gasteiger partial charge in [0.1, 0.15) is 11.5 Å². The number of anilines is 1. The minimum Gasteiger partial charge on any atom is -0.376 e. The maximum Gasteiger partial charge on any atom is 0.292 e. The van der Waals surface area contributed by atoms with Crippen molar-refractivity contribution in [3.05, 3.63) is 70.0 Å². The summed E-state index contributed by atoms with van der Waals surface area (Å²) in [5.41, 5.74) is 1.67. The molecule has 0 heterocycles. The topological polar surface area (TPSA) is 55.2 Å². The minimum atomic E-state index is -0.391. The molecular formula is C15H13FN2O2. The monoisotopic (exact) mass is 272 g/mol. The van der Waals surface area contributed by atoms with Crippen LogP contribution in [0.25, 0.3) is 0 Å². The van der Waals surface area contributed by atoms with Gasteiger partial charge in [-0.3, -0.25) is 10.1 Å². The minimum absolute atomic E-state index is 0.0808. The van der Waals surface area contributed by atoms with Crippen LogP contribution in [0.4, 0.5) is 15.8 Å². The van der Waals surface area contributed by atoms with E-state index in [1.54, 1.807) is 30.3 Å². The summed E-state index contributed by atoms with van der Waals surface area (Å²) in [7, 11) is 0. The van der Waals surface area contributed by atoms with Gasteiger partial charge in [-0.25, -0.2) is 4.39 Å². The van der Waals surface area contributed by atoms with Crippen LogP contribution in [0.3, 0.4) is 0 Å². The zero-order valence-corrected chi connectivity index (χ0v) is 10.6. The summed E-state index contributed by atoms with van der Waals surface area (Å²) in [5, 5.41) is 14.1. The van der Waals surface area contributed by atoms with Crippen molar-refractivity contribution in [1.82, 2.24) is 0 Å². The SMILES string of the molecule is O=[N+]([O-])c1ccccc1N[C@@H]1C[C@H]1c1ccc(F)cc1. The van der Waals surface area contributed by atoms with E-state index in [-0.39, 0.29) is 23.5 Å². The summed E-state index contributed by atoms with van der Waals surface area (Å²) in [6, 6.07) is 13.2. The number of benzene rings is 2. The molecule has 5 heteroatoms. The Balaban J connectivity index is 1.72. The Morgan fingerprint density at radius 1 is 1.15 bits per heavy atom. The molecule has 102 valence electrons. The smallest absolute Gasteiger partial charge is 0.292 e. The molecule has 0 unspecified atom stereocenters. The maximum absolute atomic E-state index is 12.9. The van der Waals surface area contributed by atoms with Crippen molar-refractivity contribution < 1.29 is 9.31 Å². The van der Waals surface area contributed by atoms with Gasteiger partial charge in [0.2, 0.25) is 0 Å². The first-order valence-corrected chi connectivity index (χ1v) is 6.40. The first-order chi connectivity index (χ1) is 9.65. The molecule has 1 aliphatic rings. The third-order valence-corrected chi connectivity index (χ3v) is 3.53. The fourth-order valence-corrected chi connectivity index (χ4v) is 2.39. The second-order valence-corrected chi connectivity index (χ2v) is 4.92. The van der Waals surface area contributed by atoms with Crippen LogP contribution in [0.5, 0.6) is 0 Å². The number of nitro benzene ring substituents is 1. The van der Waals surface area contributed by atoms with E-state index in [1.165, 1.54) is 18.2 Å². The van der Waals surface area contributed by atoms with Crippen LogP contribution >= 0.6 is 0 Å². The Bertz CT molecular complexity index is 643. The number of nitro groups is 1. The summed E-state index contributed by atoms with van der Waals surface area (Å²) in [4.78, 5) is 10.5. The van der Waals surface area contributed by atoms with Gasteiger partial charge in [0.05, 0.1) is 4.92 Å². The van der Waals surface area contributed by atoms with Gasteiger partial charge in [0, 0.05) is 18.0 Å². The molecule has 20 heavy (non-hydrogen) atoms. The molecule has 0 radical (unpaired) electrons. The first-order valence-electron chi connectivity index (χ1n) is 6.40. The summed E-state index contributed by atoms with van der Waals surface area (Å²) >= 11 is 0. The van der Waals surface area contributed by atoms with Crippen molar-refractivity contribution in [2.24, 2.45) is 0 Å². The molecule has 4 nitrogen and oxygen atoms in total. The highest BCUT2D eigenvalue weighted by Gasteiger charge is 2.39. The highest BCUT2D eigenvalue weighted by Crippen LogP contribution is 2.43. The van der Waals surface area contributed by atoms with Crippen molar-refractivity contribution in [3.8, 4) is 0 Å². The first kappa shape index (κ1) is 12.6. The summed E-state index contributed by atoms with van der Waals surface area (Å²) in [5.74, 6) is 0.0352. The van der Waals surface area contributed by atoms with Gasteiger partial charge < -0.3 is 5.32 Å². The van der Waals surface area contributed by atoms with Gasteiger partial charge in [-0.1, -0.05) is 24.3 Å². The molecule has 1 aliphatic carbocycles. The van der Waals surface area contributed by atoms with E-state index in [0.29, 0.717) is 5.69 Å². The van der Waals surface area contributed by atoms with Crippen LogP contribution in [0, 0.1) is 15.9 Å². The van der Waals surface area contributed by atoms with Crippen molar-refractivity contribution in [3.63, 3.8) is 0 Å². The molecule has 2 atom stereocenters. The Hall–Kier alpha value is -2.43. The largest absolute Gasteiger partial charge is 0.376 e. The second-order valence-electron chi connectivity index (χ2n) is 4.92. The quantitative estimate of drug-likeness (QED) is 0.682. The van der Waals surface area contributed by atoms with Crippen molar-refractivity contribution in [1.29, 1.82) is 0 Å². The van der Waals surface area contributed by atoms with E-state index in [2.05, 4.69) is 5.32 Å². The van der Waals surface area contributed by atoms with Crippen LogP contribution in [-0.2, 0) is 0 Å². The molecule has 1 N–H and O–H groups in total. The molecule has 0 spiro atoms. The van der Waals surface area contributed by atoms with Crippen molar-refractivity contribution in [2.45, 2.75) is 18.4 Å². The molecule has 3 rings (SSSR count). The van der Waals surface area contributed by atoms with Crippen LogP contribution in [0.1, 0.15) is 17.9 Å². The van der Waals surface area contributed by atoms with Crippen LogP contribution in [0.2, 0.25) is 0 Å². The fraction of sp³-hybridized carbons (Fsp3) is 0.200. The average molecular weight is 272 g/mol. The predicted molar refractivity (Wildman–Crippen MR) is 74.3 cm³/mol. The molecule has 0 saturated heterocycles. The molecule has 1 fully saturated rings. The molecule has 0 bridgehead atoms. The molecule has 1 saturated carbocycles. The number of para-hydroxylation sites is 2. The maximum atomic E-state index is 12.9. The lowest BCUT2D eigenvalue weighted by atomic mass is 10.1. The number of halogens is 1. The summed E-state index contributed by atoms with van der Waals surface area (Å²) in [6.07, 6.45) is 0.900. The highest BCUT2D eigenvalue weighted by atomic mass is 19.1. The Labute approximate surface area is 115 Å². The zero-order valence-electron chi connectivity index (χ0n) is 10.6. The average Bonchev–Trinajstić information content (AvgIpc) is 3.19. The second kappa shape index (κ2) is 4.92. The van der Waals surface area contributed by atoms with E-state index >= 15 is 0 Å². The molecular weight excluding hydrogens is 259 g/mol. The summed E-state index contributed by atoms with van der Waals surface area (Å²) in [6.45, 7) is 0. The number of rotatable bonds is 4. The molecule has 2 aromatic rings. The summed E-state index contributed by atoms with van der Waals surface area (Å²) < 4.78 is 12.9. The molecule has 2 aromatic carbocycles. The predicted octanol–water partition coefficient (Wildman–Crippen LogP) is 3.70. The van der Waals surface area contributed by atoms with Gasteiger partial charge in [0.15, 0.2) is 0 Å².